The molecule has 5 heteroatoms. The Kier molecular flexibility index (Phi) is 3.79. The third-order valence-electron chi connectivity index (χ3n) is 2.94. The van der Waals surface area contributed by atoms with Crippen LogP contribution < -0.4 is 9.47 Å². The summed E-state index contributed by atoms with van der Waals surface area (Å²) in [6.45, 7) is 0. The van der Waals surface area contributed by atoms with E-state index in [1.54, 1.807) is 18.2 Å². The molecule has 0 aromatic heterocycles. The second-order valence-corrected chi connectivity index (χ2v) is 4.11. The molecule has 0 aliphatic heterocycles. The first-order valence-electron chi connectivity index (χ1n) is 5.85. The predicted octanol–water partition coefficient (Wildman–Crippen LogP) is 2.77. The topological polar surface area (TPSA) is 76.0 Å². The normalized spacial score (nSPS) is 10.1. The Morgan fingerprint density at radius 2 is 1.70 bits per heavy atom. The molecule has 0 atom stereocenters. The van der Waals surface area contributed by atoms with E-state index in [0.717, 1.165) is 0 Å². The van der Waals surface area contributed by atoms with Crippen LogP contribution in [0.25, 0.3) is 11.1 Å². The van der Waals surface area contributed by atoms with Gasteiger partial charge < -0.3 is 19.7 Å². The van der Waals surface area contributed by atoms with Crippen molar-refractivity contribution >= 4 is 5.97 Å². The molecular formula is C15H14O5. The van der Waals surface area contributed by atoms with Gasteiger partial charge in [-0.05, 0) is 35.9 Å². The Labute approximate surface area is 116 Å². The quantitative estimate of drug-likeness (QED) is 0.896. The summed E-state index contributed by atoms with van der Waals surface area (Å²) in [5, 5.41) is 18.9. The lowest BCUT2D eigenvalue weighted by Gasteiger charge is -2.11. The number of methoxy groups -OCH3 is 2. The van der Waals surface area contributed by atoms with Gasteiger partial charge in [-0.1, -0.05) is 6.07 Å². The summed E-state index contributed by atoms with van der Waals surface area (Å²) in [5.74, 6) is 0.0178. The molecule has 0 saturated heterocycles. The molecule has 0 aliphatic carbocycles. The van der Waals surface area contributed by atoms with Gasteiger partial charge in [0.25, 0.3) is 0 Å². The number of carboxylic acids is 1. The average molecular weight is 274 g/mol. The number of phenolic OH excluding ortho intramolecular Hbond substituents is 1. The van der Waals surface area contributed by atoms with Crippen molar-refractivity contribution in [3.8, 4) is 28.4 Å². The first-order chi connectivity index (χ1) is 9.56. The summed E-state index contributed by atoms with van der Waals surface area (Å²) in [7, 11) is 3.04. The smallest absolute Gasteiger partial charge is 0.335 e. The highest BCUT2D eigenvalue weighted by Crippen LogP contribution is 2.36. The van der Waals surface area contributed by atoms with E-state index in [9.17, 15) is 9.90 Å². The summed E-state index contributed by atoms with van der Waals surface area (Å²) < 4.78 is 10.3. The summed E-state index contributed by atoms with van der Waals surface area (Å²) in [6, 6.07) is 9.22. The molecule has 2 rings (SSSR count). The van der Waals surface area contributed by atoms with E-state index in [1.165, 1.54) is 32.4 Å². The van der Waals surface area contributed by atoms with Gasteiger partial charge in [0, 0.05) is 5.56 Å². The minimum absolute atomic E-state index is 0.00206. The van der Waals surface area contributed by atoms with Crippen LogP contribution in [0, 0.1) is 0 Å². The van der Waals surface area contributed by atoms with Crippen LogP contribution in [-0.2, 0) is 0 Å². The maximum absolute atomic E-state index is 11.0. The van der Waals surface area contributed by atoms with Crippen LogP contribution in [0.15, 0.2) is 36.4 Å². The van der Waals surface area contributed by atoms with E-state index in [-0.39, 0.29) is 11.3 Å². The lowest BCUT2D eigenvalue weighted by atomic mass is 10.0. The first kappa shape index (κ1) is 13.7. The zero-order valence-electron chi connectivity index (χ0n) is 11.1. The van der Waals surface area contributed by atoms with Gasteiger partial charge in [-0.3, -0.25) is 0 Å². The maximum atomic E-state index is 11.0. The van der Waals surface area contributed by atoms with Crippen molar-refractivity contribution in [2.75, 3.05) is 14.2 Å². The number of carbonyl (C=O) groups is 1. The summed E-state index contributed by atoms with van der Waals surface area (Å²) in [6.07, 6.45) is 0. The molecule has 0 saturated carbocycles. The monoisotopic (exact) mass is 274 g/mol. The van der Waals surface area contributed by atoms with Crippen molar-refractivity contribution in [2.24, 2.45) is 0 Å². The number of hydrogen-bond donors (Lipinski definition) is 2. The van der Waals surface area contributed by atoms with Crippen LogP contribution in [0.3, 0.4) is 0 Å². The fraction of sp³-hybridized carbons (Fsp3) is 0.133. The highest BCUT2D eigenvalue weighted by molar-refractivity contribution is 5.90. The Balaban J connectivity index is 2.56. The van der Waals surface area contributed by atoms with Crippen molar-refractivity contribution in [3.05, 3.63) is 42.0 Å². The van der Waals surface area contributed by atoms with E-state index in [2.05, 4.69) is 0 Å². The molecule has 0 spiro atoms. The van der Waals surface area contributed by atoms with E-state index in [4.69, 9.17) is 14.6 Å². The van der Waals surface area contributed by atoms with Crippen LogP contribution in [-0.4, -0.2) is 30.4 Å². The predicted molar refractivity (Wildman–Crippen MR) is 73.6 cm³/mol. The van der Waals surface area contributed by atoms with Crippen molar-refractivity contribution in [3.63, 3.8) is 0 Å². The summed E-state index contributed by atoms with van der Waals surface area (Å²) in [4.78, 5) is 11.0. The number of carboxylic acid groups (broad SMARTS) is 1. The van der Waals surface area contributed by atoms with E-state index >= 15 is 0 Å². The van der Waals surface area contributed by atoms with Gasteiger partial charge in [-0.25, -0.2) is 4.79 Å². The van der Waals surface area contributed by atoms with E-state index in [1.807, 2.05) is 0 Å². The summed E-state index contributed by atoms with van der Waals surface area (Å²) >= 11 is 0. The molecule has 2 aromatic carbocycles. The zero-order chi connectivity index (χ0) is 14.7. The minimum Gasteiger partial charge on any atom is -0.507 e. The molecule has 2 aromatic rings. The Hall–Kier alpha value is -2.69. The van der Waals surface area contributed by atoms with Gasteiger partial charge in [0.15, 0.2) is 11.5 Å². The number of ether oxygens (including phenoxy) is 2. The zero-order valence-corrected chi connectivity index (χ0v) is 11.1. The van der Waals surface area contributed by atoms with Crippen LogP contribution in [0.1, 0.15) is 10.4 Å². The third-order valence-corrected chi connectivity index (χ3v) is 2.94. The second kappa shape index (κ2) is 5.52. The standard InChI is InChI=1S/C15H14O5/c1-19-13-6-4-9(8-14(13)20-2)11-7-10(15(17)18)3-5-12(11)16/h3-8,16H,1-2H3,(H,17,18). The van der Waals surface area contributed by atoms with Crippen molar-refractivity contribution in [1.29, 1.82) is 0 Å². The van der Waals surface area contributed by atoms with E-state index in [0.29, 0.717) is 22.6 Å². The highest BCUT2D eigenvalue weighted by Gasteiger charge is 2.12. The molecule has 0 unspecified atom stereocenters. The summed E-state index contributed by atoms with van der Waals surface area (Å²) in [5.41, 5.74) is 1.17. The second-order valence-electron chi connectivity index (χ2n) is 4.11. The molecule has 20 heavy (non-hydrogen) atoms. The number of phenols is 1. The van der Waals surface area contributed by atoms with Crippen LogP contribution in [0.5, 0.6) is 17.2 Å². The fourth-order valence-electron chi connectivity index (χ4n) is 1.90. The Bertz CT molecular complexity index is 649. The number of aromatic hydroxyl groups is 1. The fourth-order valence-corrected chi connectivity index (χ4v) is 1.90. The molecule has 0 aliphatic rings. The lowest BCUT2D eigenvalue weighted by molar-refractivity contribution is 0.0697. The van der Waals surface area contributed by atoms with Crippen LogP contribution in [0.4, 0.5) is 0 Å². The molecular weight excluding hydrogens is 260 g/mol. The molecule has 0 radical (unpaired) electrons. The minimum atomic E-state index is -1.05. The first-order valence-corrected chi connectivity index (χ1v) is 5.85. The number of hydrogen-bond acceptors (Lipinski definition) is 4. The van der Waals surface area contributed by atoms with E-state index < -0.39 is 5.97 Å². The lowest BCUT2D eigenvalue weighted by Crippen LogP contribution is -1.96. The van der Waals surface area contributed by atoms with Crippen molar-refractivity contribution in [1.82, 2.24) is 0 Å². The SMILES string of the molecule is COc1ccc(-c2cc(C(=O)O)ccc2O)cc1OC. The van der Waals surface area contributed by atoms with Gasteiger partial charge in [0.05, 0.1) is 19.8 Å². The van der Waals surface area contributed by atoms with Gasteiger partial charge in [0.1, 0.15) is 5.75 Å². The molecule has 0 amide bonds. The van der Waals surface area contributed by atoms with Crippen LogP contribution in [0.2, 0.25) is 0 Å². The number of aromatic carboxylic acids is 1. The molecule has 2 N–H and O–H groups in total. The molecule has 0 fully saturated rings. The highest BCUT2D eigenvalue weighted by atomic mass is 16.5. The molecule has 104 valence electrons. The number of benzene rings is 2. The maximum Gasteiger partial charge on any atom is 0.335 e. The Morgan fingerprint density at radius 1 is 1.00 bits per heavy atom. The largest absolute Gasteiger partial charge is 0.507 e. The average Bonchev–Trinajstić information content (AvgIpc) is 2.46. The van der Waals surface area contributed by atoms with Crippen molar-refractivity contribution in [2.45, 2.75) is 0 Å². The Morgan fingerprint density at radius 3 is 2.30 bits per heavy atom. The molecule has 0 heterocycles. The molecule has 5 nitrogen and oxygen atoms in total. The van der Waals surface area contributed by atoms with Gasteiger partial charge >= 0.3 is 5.97 Å². The van der Waals surface area contributed by atoms with Crippen molar-refractivity contribution < 1.29 is 24.5 Å². The van der Waals surface area contributed by atoms with Gasteiger partial charge in [-0.15, -0.1) is 0 Å². The number of rotatable bonds is 4. The third kappa shape index (κ3) is 2.51. The van der Waals surface area contributed by atoms with Crippen LogP contribution >= 0.6 is 0 Å². The van der Waals surface area contributed by atoms with Gasteiger partial charge in [-0.2, -0.15) is 0 Å². The van der Waals surface area contributed by atoms with Gasteiger partial charge in [0.2, 0.25) is 0 Å². The molecule has 0 bridgehead atoms.